The molecule has 7 rings (SSSR count). The van der Waals surface area contributed by atoms with Gasteiger partial charge in [0, 0.05) is 35.9 Å². The van der Waals surface area contributed by atoms with Crippen LogP contribution in [0.25, 0.3) is 10.9 Å². The van der Waals surface area contributed by atoms with Crippen molar-refractivity contribution < 1.29 is 26.3 Å². The summed E-state index contributed by atoms with van der Waals surface area (Å²) in [5, 5.41) is 13.8. The van der Waals surface area contributed by atoms with Crippen molar-refractivity contribution in [1.29, 1.82) is 0 Å². The molecule has 0 unspecified atom stereocenters. The second kappa shape index (κ2) is 11.9. The maximum absolute atomic E-state index is 13.7. The molecule has 0 bridgehead atoms. The number of hydrogen-bond donors (Lipinski definition) is 0. The van der Waals surface area contributed by atoms with Crippen LogP contribution in [0.1, 0.15) is 59.1 Å². The standard InChI is InChI=1S/C34H31F6N7/c1-45-43-32(42-44-45)47(19-23-18-41-30-8-4-3-7-28(30)29(23)20-46(26-10-11-26)27-12-13-27)31-9-5-2-6-22(31)14-21-15-24(33(35,36)37)17-25(16-21)34(38,39)40/h2-9,15-18,26-27H,10-14,19-20H2,1H3. The van der Waals surface area contributed by atoms with Crippen LogP contribution in [0.3, 0.4) is 0 Å². The van der Waals surface area contributed by atoms with Crippen LogP contribution in [0.5, 0.6) is 0 Å². The van der Waals surface area contributed by atoms with E-state index in [4.69, 9.17) is 4.98 Å². The first kappa shape index (κ1) is 31.1. The molecule has 2 aliphatic rings. The third kappa shape index (κ3) is 6.80. The predicted molar refractivity (Wildman–Crippen MR) is 164 cm³/mol. The van der Waals surface area contributed by atoms with E-state index in [-0.39, 0.29) is 30.5 Å². The summed E-state index contributed by atoms with van der Waals surface area (Å²) in [5.74, 6) is 0.236. The van der Waals surface area contributed by atoms with Crippen LogP contribution >= 0.6 is 0 Å². The zero-order chi connectivity index (χ0) is 32.9. The number of aromatic nitrogens is 5. The number of para-hydroxylation sites is 2. The first-order valence-electron chi connectivity index (χ1n) is 15.4. The molecule has 0 spiro atoms. The predicted octanol–water partition coefficient (Wildman–Crippen LogP) is 7.85. The van der Waals surface area contributed by atoms with E-state index in [1.807, 2.05) is 24.4 Å². The van der Waals surface area contributed by atoms with Gasteiger partial charge in [-0.05, 0) is 89.9 Å². The summed E-state index contributed by atoms with van der Waals surface area (Å²) in [7, 11) is 1.62. The molecule has 2 aromatic heterocycles. The van der Waals surface area contributed by atoms with Gasteiger partial charge < -0.3 is 4.90 Å². The lowest BCUT2D eigenvalue weighted by atomic mass is 9.97. The van der Waals surface area contributed by atoms with Crippen LogP contribution in [0, 0.1) is 0 Å². The molecule has 7 nitrogen and oxygen atoms in total. The lowest BCUT2D eigenvalue weighted by Crippen LogP contribution is -2.29. The average molecular weight is 652 g/mol. The van der Waals surface area contributed by atoms with Gasteiger partial charge in [0.15, 0.2) is 0 Å². The highest BCUT2D eigenvalue weighted by atomic mass is 19.4. The van der Waals surface area contributed by atoms with Crippen LogP contribution < -0.4 is 4.90 Å². The van der Waals surface area contributed by atoms with Gasteiger partial charge in [0.1, 0.15) is 0 Å². The van der Waals surface area contributed by atoms with Crippen LogP contribution in [0.2, 0.25) is 0 Å². The Hall–Kier alpha value is -4.52. The van der Waals surface area contributed by atoms with Crippen molar-refractivity contribution in [1.82, 2.24) is 30.1 Å². The molecule has 0 aliphatic heterocycles. The Morgan fingerprint density at radius 1 is 0.787 bits per heavy atom. The molecule has 2 fully saturated rings. The summed E-state index contributed by atoms with van der Waals surface area (Å²) in [6.07, 6.45) is -3.57. The number of hydrogen-bond acceptors (Lipinski definition) is 6. The number of benzene rings is 3. The molecule has 244 valence electrons. The van der Waals surface area contributed by atoms with Gasteiger partial charge in [-0.25, -0.2) is 0 Å². The van der Waals surface area contributed by atoms with E-state index in [1.165, 1.54) is 30.5 Å². The molecule has 5 aromatic rings. The second-order valence-corrected chi connectivity index (χ2v) is 12.3. The van der Waals surface area contributed by atoms with Crippen LogP contribution in [-0.2, 0) is 38.9 Å². The Labute approximate surface area is 266 Å². The van der Waals surface area contributed by atoms with E-state index < -0.39 is 23.5 Å². The summed E-state index contributed by atoms with van der Waals surface area (Å²) >= 11 is 0. The Bertz CT molecular complexity index is 1870. The van der Waals surface area contributed by atoms with Crippen molar-refractivity contribution in [2.75, 3.05) is 4.90 Å². The summed E-state index contributed by atoms with van der Waals surface area (Å²) in [5.41, 5.74) is 1.11. The molecular weight excluding hydrogens is 620 g/mol. The highest BCUT2D eigenvalue weighted by Gasteiger charge is 2.40. The van der Waals surface area contributed by atoms with Crippen LogP contribution in [0.4, 0.5) is 38.0 Å². The minimum absolute atomic E-state index is 0.121. The van der Waals surface area contributed by atoms with Crippen LogP contribution in [-0.4, -0.2) is 42.2 Å². The Morgan fingerprint density at radius 3 is 2.04 bits per heavy atom. The molecule has 0 radical (unpaired) electrons. The topological polar surface area (TPSA) is 63.0 Å². The van der Waals surface area contributed by atoms with Crippen molar-refractivity contribution in [3.8, 4) is 0 Å². The fourth-order valence-electron chi connectivity index (χ4n) is 6.20. The first-order valence-corrected chi connectivity index (χ1v) is 15.4. The summed E-state index contributed by atoms with van der Waals surface area (Å²) < 4.78 is 82.1. The zero-order valence-electron chi connectivity index (χ0n) is 25.4. The SMILES string of the molecule is Cn1nnc(N(Cc2cnc3ccccc3c2CN(C2CC2)C2CC2)c2ccccc2Cc2cc(C(F)(F)F)cc(C(F)(F)F)c2)n1. The van der Waals surface area contributed by atoms with Crippen molar-refractivity contribution in [3.05, 3.63) is 106 Å². The van der Waals surface area contributed by atoms with Gasteiger partial charge in [-0.2, -0.15) is 31.1 Å². The molecule has 3 aromatic carbocycles. The zero-order valence-corrected chi connectivity index (χ0v) is 25.4. The normalized spacial score (nSPS) is 15.5. The summed E-state index contributed by atoms with van der Waals surface area (Å²) in [4.78, 5) is 10.4. The number of aryl methyl sites for hydroxylation is 1. The number of nitrogens with zero attached hydrogens (tertiary/aromatic N) is 7. The van der Waals surface area contributed by atoms with Gasteiger partial charge in [0.05, 0.1) is 30.2 Å². The largest absolute Gasteiger partial charge is 0.416 e. The highest BCUT2D eigenvalue weighted by Crippen LogP contribution is 2.41. The molecular formula is C34H31F6N7. The third-order valence-electron chi connectivity index (χ3n) is 8.74. The van der Waals surface area contributed by atoms with E-state index in [9.17, 15) is 26.3 Å². The van der Waals surface area contributed by atoms with Gasteiger partial charge in [-0.3, -0.25) is 9.88 Å². The molecule has 13 heteroatoms. The number of halogens is 6. The van der Waals surface area contributed by atoms with Gasteiger partial charge in [0.25, 0.3) is 5.95 Å². The number of rotatable bonds is 10. The van der Waals surface area contributed by atoms with Crippen LogP contribution in [0.15, 0.2) is 72.9 Å². The maximum Gasteiger partial charge on any atom is 0.416 e. The Kier molecular flexibility index (Phi) is 7.89. The fourth-order valence-corrected chi connectivity index (χ4v) is 6.20. The maximum atomic E-state index is 13.7. The van der Waals surface area contributed by atoms with Gasteiger partial charge >= 0.3 is 12.4 Å². The van der Waals surface area contributed by atoms with E-state index >= 15 is 0 Å². The van der Waals surface area contributed by atoms with E-state index in [0.29, 0.717) is 23.3 Å². The van der Waals surface area contributed by atoms with Crippen molar-refractivity contribution in [3.63, 3.8) is 0 Å². The average Bonchev–Trinajstić information content (AvgIpc) is 3.97. The monoisotopic (exact) mass is 651 g/mol. The summed E-state index contributed by atoms with van der Waals surface area (Å²) in [6.45, 7) is 0.983. The van der Waals surface area contributed by atoms with E-state index in [2.05, 4.69) is 26.4 Å². The van der Waals surface area contributed by atoms with Crippen molar-refractivity contribution in [2.45, 2.75) is 69.6 Å². The molecule has 2 saturated carbocycles. The number of fused-ring (bicyclic) bond motifs is 1. The van der Waals surface area contributed by atoms with Gasteiger partial charge in [0.2, 0.25) is 0 Å². The smallest absolute Gasteiger partial charge is 0.303 e. The molecule has 0 amide bonds. The summed E-state index contributed by atoms with van der Waals surface area (Å²) in [6, 6.07) is 17.7. The van der Waals surface area contributed by atoms with Gasteiger partial charge in [-0.15, -0.1) is 5.10 Å². The Balaban J connectivity index is 1.31. The first-order chi connectivity index (χ1) is 22.4. The minimum atomic E-state index is -4.95. The lowest BCUT2D eigenvalue weighted by Gasteiger charge is -2.28. The van der Waals surface area contributed by atoms with Gasteiger partial charge in [-0.1, -0.05) is 41.5 Å². The number of pyridine rings is 1. The fraction of sp³-hybridized carbons (Fsp3) is 0.353. The molecule has 47 heavy (non-hydrogen) atoms. The van der Waals surface area contributed by atoms with E-state index in [1.54, 1.807) is 36.2 Å². The van der Waals surface area contributed by atoms with E-state index in [0.717, 1.165) is 40.7 Å². The molecule has 0 N–H and O–H groups in total. The van der Waals surface area contributed by atoms with Crippen molar-refractivity contribution in [2.24, 2.45) is 7.05 Å². The minimum Gasteiger partial charge on any atom is -0.303 e. The molecule has 2 heterocycles. The lowest BCUT2D eigenvalue weighted by molar-refractivity contribution is -0.143. The number of anilines is 2. The number of alkyl halides is 6. The van der Waals surface area contributed by atoms with Crippen molar-refractivity contribution >= 4 is 22.5 Å². The highest BCUT2D eigenvalue weighted by molar-refractivity contribution is 5.83. The number of tetrazole rings is 1. The molecule has 0 atom stereocenters. The molecule has 0 saturated heterocycles. The molecule has 2 aliphatic carbocycles. The second-order valence-electron chi connectivity index (χ2n) is 12.3. The third-order valence-corrected chi connectivity index (χ3v) is 8.74. The Morgan fingerprint density at radius 2 is 1.43 bits per heavy atom. The quantitative estimate of drug-likeness (QED) is 0.143.